The van der Waals surface area contributed by atoms with Gasteiger partial charge in [-0.2, -0.15) is 0 Å². The van der Waals surface area contributed by atoms with Gasteiger partial charge in [0.05, 0.1) is 0 Å². The third-order valence-corrected chi connectivity index (χ3v) is 7.12. The molecule has 5 N–H and O–H groups in total. The topological polar surface area (TPSA) is 140 Å². The van der Waals surface area contributed by atoms with Gasteiger partial charge in [-0.1, -0.05) is 36.4 Å². The van der Waals surface area contributed by atoms with E-state index in [1.807, 2.05) is 48.5 Å². The van der Waals surface area contributed by atoms with Gasteiger partial charge in [0.25, 0.3) is 11.8 Å². The molecule has 5 rings (SSSR count). The number of benzene rings is 2. The highest BCUT2D eigenvalue weighted by Gasteiger charge is 2.16. The first-order valence-corrected chi connectivity index (χ1v) is 13.2. The van der Waals surface area contributed by atoms with Crippen LogP contribution in [0, 0.1) is 5.41 Å². The molecular formula is C30H32N8O2. The SMILES string of the molecule is CN1CC=C(c2ccc(NC(=O)c3cc(C(=O)Nc4ccc(C5=CCN(C(=N)N)CC5)cc4)ncn3)cc2)CC1. The lowest BCUT2D eigenvalue weighted by Crippen LogP contribution is -2.39. The quantitative estimate of drug-likeness (QED) is 0.278. The summed E-state index contributed by atoms with van der Waals surface area (Å²) in [5, 5.41) is 13.2. The summed E-state index contributed by atoms with van der Waals surface area (Å²) in [6.07, 6.45) is 7.29. The van der Waals surface area contributed by atoms with Gasteiger partial charge in [0.1, 0.15) is 17.7 Å². The van der Waals surface area contributed by atoms with Gasteiger partial charge >= 0.3 is 0 Å². The maximum absolute atomic E-state index is 12.9. The highest BCUT2D eigenvalue weighted by Crippen LogP contribution is 2.25. The molecule has 3 aromatic rings. The van der Waals surface area contributed by atoms with Gasteiger partial charge in [0, 0.05) is 43.6 Å². The predicted molar refractivity (Wildman–Crippen MR) is 157 cm³/mol. The summed E-state index contributed by atoms with van der Waals surface area (Å²) in [6, 6.07) is 16.7. The molecule has 10 nitrogen and oxygen atoms in total. The molecule has 0 saturated carbocycles. The Bertz CT molecular complexity index is 1480. The Balaban J connectivity index is 1.19. The van der Waals surface area contributed by atoms with E-state index in [1.165, 1.54) is 23.5 Å². The number of likely N-dealkylation sites (N-methyl/N-ethyl adjacent to an activating group) is 1. The number of anilines is 2. The second-order valence-electron chi connectivity index (χ2n) is 9.90. The summed E-state index contributed by atoms with van der Waals surface area (Å²) < 4.78 is 0. The molecule has 204 valence electrons. The van der Waals surface area contributed by atoms with Gasteiger partial charge in [-0.05, 0) is 66.4 Å². The van der Waals surface area contributed by atoms with Crippen molar-refractivity contribution in [3.05, 3.63) is 95.6 Å². The zero-order valence-corrected chi connectivity index (χ0v) is 22.4. The minimum absolute atomic E-state index is 0.0776. The zero-order valence-electron chi connectivity index (χ0n) is 22.4. The molecule has 0 spiro atoms. The molecule has 2 aliphatic rings. The van der Waals surface area contributed by atoms with Crippen molar-refractivity contribution in [2.75, 3.05) is 43.9 Å². The fraction of sp³-hybridized carbons (Fsp3) is 0.233. The molecule has 2 amide bonds. The number of amides is 2. The first-order chi connectivity index (χ1) is 19.4. The van der Waals surface area contributed by atoms with E-state index in [-0.39, 0.29) is 17.3 Å². The van der Waals surface area contributed by atoms with Gasteiger partial charge in [0.2, 0.25) is 0 Å². The average Bonchev–Trinajstić information content (AvgIpc) is 2.98. The fourth-order valence-corrected chi connectivity index (χ4v) is 4.71. The lowest BCUT2D eigenvalue weighted by atomic mass is 9.99. The van der Waals surface area contributed by atoms with Crippen LogP contribution in [0.2, 0.25) is 0 Å². The first kappa shape index (κ1) is 26.8. The smallest absolute Gasteiger partial charge is 0.274 e. The number of rotatable bonds is 6. The molecule has 0 atom stereocenters. The standard InChI is InChI=1S/C30H32N8O2/c1-37-14-10-22(11-15-37)20-2-6-24(7-3-20)35-28(39)26-18-27(34-19-33-26)29(40)36-25-8-4-21(5-9-25)23-12-16-38(17-13-23)30(31)32/h2-10,12,18-19H,11,13-17H2,1H3,(H3,31,32)(H,35,39)(H,36,40). The number of carbonyl (C=O) groups is 2. The van der Waals surface area contributed by atoms with Crippen molar-refractivity contribution >= 4 is 40.3 Å². The highest BCUT2D eigenvalue weighted by molar-refractivity contribution is 6.07. The van der Waals surface area contributed by atoms with Gasteiger partial charge in [-0.3, -0.25) is 15.0 Å². The molecule has 2 aromatic carbocycles. The van der Waals surface area contributed by atoms with Crippen molar-refractivity contribution in [1.82, 2.24) is 19.8 Å². The Hall–Kier alpha value is -4.83. The van der Waals surface area contributed by atoms with E-state index in [0.717, 1.165) is 37.1 Å². The Morgan fingerprint density at radius 2 is 1.30 bits per heavy atom. The van der Waals surface area contributed by atoms with E-state index >= 15 is 0 Å². The van der Waals surface area contributed by atoms with Crippen LogP contribution in [0.5, 0.6) is 0 Å². The fourth-order valence-electron chi connectivity index (χ4n) is 4.71. The number of guanidine groups is 1. The van der Waals surface area contributed by atoms with E-state index in [4.69, 9.17) is 11.1 Å². The second kappa shape index (κ2) is 11.9. The zero-order chi connectivity index (χ0) is 28.1. The lowest BCUT2D eigenvalue weighted by molar-refractivity contribution is 0.102. The van der Waals surface area contributed by atoms with Crippen molar-refractivity contribution in [2.24, 2.45) is 5.73 Å². The molecule has 2 aliphatic heterocycles. The van der Waals surface area contributed by atoms with Crippen LogP contribution in [0.3, 0.4) is 0 Å². The molecule has 0 radical (unpaired) electrons. The predicted octanol–water partition coefficient (Wildman–Crippen LogP) is 3.68. The minimum atomic E-state index is -0.436. The van der Waals surface area contributed by atoms with Gasteiger partial charge < -0.3 is 26.2 Å². The maximum atomic E-state index is 12.9. The van der Waals surface area contributed by atoms with Gasteiger partial charge in [-0.25, -0.2) is 9.97 Å². The summed E-state index contributed by atoms with van der Waals surface area (Å²) in [5.74, 6) is -0.779. The van der Waals surface area contributed by atoms with Crippen LogP contribution in [0.4, 0.5) is 11.4 Å². The number of carbonyl (C=O) groups excluding carboxylic acids is 2. The molecule has 10 heteroatoms. The van der Waals surface area contributed by atoms with Crippen LogP contribution < -0.4 is 16.4 Å². The van der Waals surface area contributed by atoms with Crippen molar-refractivity contribution < 1.29 is 9.59 Å². The monoisotopic (exact) mass is 536 g/mol. The van der Waals surface area contributed by atoms with Crippen LogP contribution >= 0.6 is 0 Å². The largest absolute Gasteiger partial charge is 0.370 e. The molecule has 0 fully saturated rings. The van der Waals surface area contributed by atoms with Crippen molar-refractivity contribution in [3.63, 3.8) is 0 Å². The van der Waals surface area contributed by atoms with E-state index in [0.29, 0.717) is 24.5 Å². The molecule has 3 heterocycles. The molecule has 0 saturated heterocycles. The second-order valence-corrected chi connectivity index (χ2v) is 9.90. The summed E-state index contributed by atoms with van der Waals surface area (Å²) in [6.45, 7) is 3.27. The van der Waals surface area contributed by atoms with Crippen molar-refractivity contribution in [3.8, 4) is 0 Å². The van der Waals surface area contributed by atoms with Crippen LogP contribution in [0.15, 0.2) is 73.1 Å². The van der Waals surface area contributed by atoms with Crippen LogP contribution in [-0.4, -0.2) is 70.8 Å². The summed E-state index contributed by atoms with van der Waals surface area (Å²) >= 11 is 0. The Morgan fingerprint density at radius 1 is 0.800 bits per heavy atom. The number of nitrogens with two attached hydrogens (primary N) is 1. The number of nitrogens with one attached hydrogen (secondary N) is 3. The van der Waals surface area contributed by atoms with Crippen LogP contribution in [0.1, 0.15) is 44.9 Å². The van der Waals surface area contributed by atoms with E-state index in [2.05, 4.69) is 44.7 Å². The average molecular weight is 537 g/mol. The van der Waals surface area contributed by atoms with Crippen LogP contribution in [0.25, 0.3) is 11.1 Å². The molecule has 0 unspecified atom stereocenters. The highest BCUT2D eigenvalue weighted by atomic mass is 16.2. The Kier molecular flexibility index (Phi) is 7.97. The molecular weight excluding hydrogens is 504 g/mol. The maximum Gasteiger partial charge on any atom is 0.274 e. The van der Waals surface area contributed by atoms with E-state index in [1.54, 1.807) is 4.90 Å². The Morgan fingerprint density at radius 3 is 1.73 bits per heavy atom. The number of hydrogen-bond donors (Lipinski definition) is 4. The molecule has 40 heavy (non-hydrogen) atoms. The van der Waals surface area contributed by atoms with E-state index < -0.39 is 11.8 Å². The minimum Gasteiger partial charge on any atom is -0.370 e. The number of aromatic nitrogens is 2. The molecule has 1 aromatic heterocycles. The summed E-state index contributed by atoms with van der Waals surface area (Å²) in [5.41, 5.74) is 11.7. The normalized spacial score (nSPS) is 15.6. The van der Waals surface area contributed by atoms with Crippen molar-refractivity contribution in [2.45, 2.75) is 12.8 Å². The van der Waals surface area contributed by atoms with Gasteiger partial charge in [-0.15, -0.1) is 0 Å². The van der Waals surface area contributed by atoms with Gasteiger partial charge in [0.15, 0.2) is 5.96 Å². The third kappa shape index (κ3) is 6.41. The first-order valence-electron chi connectivity index (χ1n) is 13.2. The lowest BCUT2D eigenvalue weighted by Gasteiger charge is -2.26. The Labute approximate surface area is 233 Å². The third-order valence-electron chi connectivity index (χ3n) is 7.12. The summed E-state index contributed by atoms with van der Waals surface area (Å²) in [4.78, 5) is 37.9. The number of hydrogen-bond acceptors (Lipinski definition) is 6. The van der Waals surface area contributed by atoms with Crippen molar-refractivity contribution in [1.29, 1.82) is 5.41 Å². The molecule has 0 bridgehead atoms. The summed E-state index contributed by atoms with van der Waals surface area (Å²) in [7, 11) is 2.10. The number of nitrogens with zero attached hydrogens (tertiary/aromatic N) is 4. The van der Waals surface area contributed by atoms with Crippen LogP contribution in [-0.2, 0) is 0 Å². The van der Waals surface area contributed by atoms with E-state index in [9.17, 15) is 9.59 Å². The molecule has 0 aliphatic carbocycles.